The number of aliphatic hydroxyl groups excluding tert-OH is 1. The lowest BCUT2D eigenvalue weighted by Gasteiger charge is -2.42. The highest BCUT2D eigenvalue weighted by Crippen LogP contribution is 2.30. The predicted octanol–water partition coefficient (Wildman–Crippen LogP) is 2.79. The van der Waals surface area contributed by atoms with E-state index < -0.39 is 17.5 Å². The van der Waals surface area contributed by atoms with Gasteiger partial charge in [-0.3, -0.25) is 9.58 Å². The lowest BCUT2D eigenvalue weighted by atomic mass is 9.90. The summed E-state index contributed by atoms with van der Waals surface area (Å²) in [6.07, 6.45) is 3.22. The first kappa shape index (κ1) is 25.0. The summed E-state index contributed by atoms with van der Waals surface area (Å²) in [6.45, 7) is 4.28. The summed E-state index contributed by atoms with van der Waals surface area (Å²) in [7, 11) is 1.60. The number of aryl methyl sites for hydroxylation is 1. The number of methoxy groups -OCH3 is 1. The number of ether oxygens (including phenoxy) is 3. The third kappa shape index (κ3) is 6.50. The molecule has 8 nitrogen and oxygen atoms in total. The van der Waals surface area contributed by atoms with Gasteiger partial charge in [-0.25, -0.2) is 4.39 Å². The zero-order chi connectivity index (χ0) is 24.8. The second-order valence-corrected chi connectivity index (χ2v) is 8.98. The van der Waals surface area contributed by atoms with Crippen LogP contribution in [0.25, 0.3) is 0 Å². The molecule has 0 aliphatic carbocycles. The summed E-state index contributed by atoms with van der Waals surface area (Å²) in [4.78, 5) is 2.06. The van der Waals surface area contributed by atoms with E-state index in [1.807, 2.05) is 36.0 Å². The van der Waals surface area contributed by atoms with Crippen molar-refractivity contribution in [3.8, 4) is 17.2 Å². The molecule has 1 aliphatic heterocycles. The number of β-amino-alcohol motifs (C(OH)–C–C–N with tert-alkyl or cyclic N) is 1. The van der Waals surface area contributed by atoms with E-state index in [9.17, 15) is 14.6 Å². The minimum absolute atomic E-state index is 0.141. The maximum absolute atomic E-state index is 13.4. The quantitative estimate of drug-likeness (QED) is 0.457. The number of halogens is 1. The molecule has 1 saturated heterocycles. The Morgan fingerprint density at radius 2 is 2.03 bits per heavy atom. The Labute approximate surface area is 204 Å². The summed E-state index contributed by atoms with van der Waals surface area (Å²) in [5.74, 6) is 1.16. The zero-order valence-corrected chi connectivity index (χ0v) is 20.1. The summed E-state index contributed by atoms with van der Waals surface area (Å²) in [5.41, 5.74) is 0.608. The standard InChI is InChI=1S/C26H32FN3O5/c1-19-14-28-30(15-19)10-11-34-24-12-20(6-7-23(24)33-2)16-29-9-8-25(31)26(32,17-29)18-35-22-5-3-4-21(27)13-22/h3-7,12-15,25,31-32H,8-11,16-18H2,1-2H3/t25-,26-/m0/s1. The van der Waals surface area contributed by atoms with E-state index >= 15 is 0 Å². The first-order valence-corrected chi connectivity index (χ1v) is 11.6. The number of hydrogen-bond acceptors (Lipinski definition) is 7. The molecule has 2 N–H and O–H groups in total. The molecule has 0 bridgehead atoms. The van der Waals surface area contributed by atoms with Gasteiger partial charge in [-0.05, 0) is 48.7 Å². The maximum atomic E-state index is 13.4. The normalized spacial score (nSPS) is 20.5. The summed E-state index contributed by atoms with van der Waals surface area (Å²) < 4.78 is 32.3. The number of aliphatic hydroxyl groups is 2. The summed E-state index contributed by atoms with van der Waals surface area (Å²) in [6, 6.07) is 11.5. The van der Waals surface area contributed by atoms with Crippen molar-refractivity contribution in [1.29, 1.82) is 0 Å². The van der Waals surface area contributed by atoms with Gasteiger partial charge in [-0.15, -0.1) is 0 Å². The van der Waals surface area contributed by atoms with Crippen molar-refractivity contribution >= 4 is 0 Å². The van der Waals surface area contributed by atoms with Crippen molar-refractivity contribution in [2.24, 2.45) is 0 Å². The third-order valence-corrected chi connectivity index (χ3v) is 6.10. The van der Waals surface area contributed by atoms with Crippen LogP contribution in [0.1, 0.15) is 17.5 Å². The van der Waals surface area contributed by atoms with E-state index in [0.29, 0.717) is 49.9 Å². The van der Waals surface area contributed by atoms with Crippen molar-refractivity contribution < 1.29 is 28.8 Å². The van der Waals surface area contributed by atoms with E-state index in [0.717, 1.165) is 11.1 Å². The molecule has 0 radical (unpaired) electrons. The van der Waals surface area contributed by atoms with Crippen molar-refractivity contribution in [1.82, 2.24) is 14.7 Å². The Balaban J connectivity index is 1.37. The fourth-order valence-electron chi connectivity index (χ4n) is 4.22. The molecule has 0 spiro atoms. The molecule has 35 heavy (non-hydrogen) atoms. The highest BCUT2D eigenvalue weighted by molar-refractivity contribution is 5.43. The second-order valence-electron chi connectivity index (χ2n) is 8.98. The van der Waals surface area contributed by atoms with Gasteiger partial charge in [0.05, 0.1) is 26.0 Å². The summed E-state index contributed by atoms with van der Waals surface area (Å²) >= 11 is 0. The van der Waals surface area contributed by atoms with Gasteiger partial charge < -0.3 is 24.4 Å². The number of benzene rings is 2. The van der Waals surface area contributed by atoms with Crippen LogP contribution >= 0.6 is 0 Å². The van der Waals surface area contributed by atoms with Gasteiger partial charge in [0.2, 0.25) is 0 Å². The second kappa shape index (κ2) is 11.1. The minimum Gasteiger partial charge on any atom is -0.493 e. The predicted molar refractivity (Wildman–Crippen MR) is 128 cm³/mol. The first-order chi connectivity index (χ1) is 16.8. The van der Waals surface area contributed by atoms with Crippen LogP contribution in [0.2, 0.25) is 0 Å². The van der Waals surface area contributed by atoms with E-state index in [1.54, 1.807) is 19.4 Å². The Kier molecular flexibility index (Phi) is 7.90. The van der Waals surface area contributed by atoms with E-state index in [4.69, 9.17) is 14.2 Å². The number of aromatic nitrogens is 2. The average Bonchev–Trinajstić information content (AvgIpc) is 3.25. The number of piperidine rings is 1. The van der Waals surface area contributed by atoms with Gasteiger partial charge in [0.15, 0.2) is 11.5 Å². The average molecular weight is 486 g/mol. The largest absolute Gasteiger partial charge is 0.493 e. The molecular weight excluding hydrogens is 453 g/mol. The van der Waals surface area contributed by atoms with Crippen LogP contribution in [0.15, 0.2) is 54.9 Å². The molecular formula is C26H32FN3O5. The van der Waals surface area contributed by atoms with Crippen LogP contribution in [0.3, 0.4) is 0 Å². The SMILES string of the molecule is COc1ccc(CN2CC[C@H](O)[C@@](O)(COc3cccc(F)c3)C2)cc1OCCn1cc(C)cn1. The van der Waals surface area contributed by atoms with Crippen molar-refractivity contribution in [2.75, 3.05) is 33.4 Å². The maximum Gasteiger partial charge on any atom is 0.161 e. The van der Waals surface area contributed by atoms with Crippen LogP contribution in [0, 0.1) is 12.7 Å². The molecule has 2 aromatic carbocycles. The van der Waals surface area contributed by atoms with Crippen LogP contribution in [-0.2, 0) is 13.1 Å². The molecule has 1 aliphatic rings. The zero-order valence-electron chi connectivity index (χ0n) is 20.1. The molecule has 0 saturated carbocycles. The monoisotopic (exact) mass is 485 g/mol. The van der Waals surface area contributed by atoms with Crippen LogP contribution in [0.4, 0.5) is 4.39 Å². The van der Waals surface area contributed by atoms with Crippen molar-refractivity contribution in [3.63, 3.8) is 0 Å². The lowest BCUT2D eigenvalue weighted by Crippen LogP contribution is -2.59. The summed E-state index contributed by atoms with van der Waals surface area (Å²) in [5, 5.41) is 25.9. The molecule has 0 amide bonds. The number of rotatable bonds is 10. The first-order valence-electron chi connectivity index (χ1n) is 11.6. The topological polar surface area (TPSA) is 89.2 Å². The van der Waals surface area contributed by atoms with E-state index in [1.165, 1.54) is 18.2 Å². The van der Waals surface area contributed by atoms with Gasteiger partial charge in [-0.2, -0.15) is 5.10 Å². The number of hydrogen-bond donors (Lipinski definition) is 2. The Morgan fingerprint density at radius 3 is 2.77 bits per heavy atom. The Morgan fingerprint density at radius 1 is 1.17 bits per heavy atom. The van der Waals surface area contributed by atoms with Gasteiger partial charge >= 0.3 is 0 Å². The van der Waals surface area contributed by atoms with Crippen LogP contribution in [0.5, 0.6) is 17.2 Å². The van der Waals surface area contributed by atoms with Gasteiger partial charge in [0.1, 0.15) is 30.4 Å². The molecule has 9 heteroatoms. The Bertz CT molecular complexity index is 1120. The molecule has 2 atom stereocenters. The van der Waals surface area contributed by atoms with Crippen LogP contribution in [-0.4, -0.2) is 70.0 Å². The highest BCUT2D eigenvalue weighted by atomic mass is 19.1. The van der Waals surface area contributed by atoms with Gasteiger partial charge in [0.25, 0.3) is 0 Å². The van der Waals surface area contributed by atoms with Crippen molar-refractivity contribution in [2.45, 2.75) is 38.1 Å². The highest BCUT2D eigenvalue weighted by Gasteiger charge is 2.42. The van der Waals surface area contributed by atoms with Gasteiger partial charge in [-0.1, -0.05) is 12.1 Å². The Hall–Kier alpha value is -3.14. The van der Waals surface area contributed by atoms with Crippen LogP contribution < -0.4 is 14.2 Å². The van der Waals surface area contributed by atoms with Crippen molar-refractivity contribution in [3.05, 3.63) is 71.8 Å². The van der Waals surface area contributed by atoms with E-state index in [2.05, 4.69) is 10.00 Å². The lowest BCUT2D eigenvalue weighted by molar-refractivity contribution is -0.140. The fraction of sp³-hybridized carbons (Fsp3) is 0.423. The minimum atomic E-state index is -1.47. The number of nitrogens with zero attached hydrogens (tertiary/aromatic N) is 3. The molecule has 1 aromatic heterocycles. The third-order valence-electron chi connectivity index (χ3n) is 6.10. The molecule has 2 heterocycles. The molecule has 0 unspecified atom stereocenters. The molecule has 1 fully saturated rings. The molecule has 188 valence electrons. The van der Waals surface area contributed by atoms with Gasteiger partial charge in [0, 0.05) is 31.9 Å². The molecule has 3 aromatic rings. The molecule has 4 rings (SSSR count). The fourth-order valence-corrected chi connectivity index (χ4v) is 4.22. The smallest absolute Gasteiger partial charge is 0.161 e. The van der Waals surface area contributed by atoms with E-state index in [-0.39, 0.29) is 13.2 Å². The number of likely N-dealkylation sites (tertiary alicyclic amines) is 1.